The maximum absolute atomic E-state index is 13.9. The van der Waals surface area contributed by atoms with E-state index in [1.54, 1.807) is 6.07 Å². The average Bonchev–Trinajstić information content (AvgIpc) is 3.13. The van der Waals surface area contributed by atoms with Gasteiger partial charge in [-0.1, -0.05) is 11.6 Å². The fourth-order valence-corrected chi connectivity index (χ4v) is 4.99. The maximum atomic E-state index is 13.9. The minimum atomic E-state index is -3.53. The van der Waals surface area contributed by atoms with Crippen molar-refractivity contribution in [2.24, 2.45) is 0 Å². The van der Waals surface area contributed by atoms with Crippen LogP contribution in [0.3, 0.4) is 0 Å². The highest BCUT2D eigenvalue weighted by Gasteiger charge is 2.20. The lowest BCUT2D eigenvalue weighted by Gasteiger charge is -2.10. The number of aromatic nitrogens is 2. The number of hydrogen-bond donors (Lipinski definition) is 1. The van der Waals surface area contributed by atoms with Gasteiger partial charge in [-0.2, -0.15) is 9.78 Å². The van der Waals surface area contributed by atoms with E-state index in [9.17, 15) is 22.0 Å². The first-order valence-electron chi connectivity index (χ1n) is 8.09. The monoisotopic (exact) mass is 460 g/mol. The lowest BCUT2D eigenvalue weighted by Crippen LogP contribution is -2.23. The predicted octanol–water partition coefficient (Wildman–Crippen LogP) is 3.09. The van der Waals surface area contributed by atoms with E-state index in [2.05, 4.69) is 10.4 Å². The number of halogens is 3. The lowest BCUT2D eigenvalue weighted by molar-refractivity contribution is 0.523. The first kappa shape index (κ1) is 21.4. The Morgan fingerprint density at radius 2 is 1.97 bits per heavy atom. The van der Waals surface area contributed by atoms with E-state index >= 15 is 0 Å². The summed E-state index contributed by atoms with van der Waals surface area (Å²) in [5.41, 5.74) is -0.827. The van der Waals surface area contributed by atoms with Gasteiger partial charge >= 0.3 is 0 Å². The summed E-state index contributed by atoms with van der Waals surface area (Å²) in [7, 11) is -0.644. The number of benzene rings is 1. The van der Waals surface area contributed by atoms with Gasteiger partial charge in [-0.3, -0.25) is 4.79 Å². The summed E-state index contributed by atoms with van der Waals surface area (Å²) < 4.78 is 53.3. The van der Waals surface area contributed by atoms with Crippen LogP contribution < -0.4 is 10.9 Å². The fourth-order valence-electron chi connectivity index (χ4n) is 2.33. The molecule has 0 saturated heterocycles. The zero-order valence-corrected chi connectivity index (χ0v) is 17.6. The van der Waals surface area contributed by atoms with Crippen LogP contribution in [0.2, 0.25) is 5.02 Å². The van der Waals surface area contributed by atoms with Gasteiger partial charge in [0.2, 0.25) is 0 Å². The first-order valence-corrected chi connectivity index (χ1v) is 10.7. The highest BCUT2D eigenvalue weighted by Crippen LogP contribution is 2.25. The second kappa shape index (κ2) is 8.19. The molecule has 154 valence electrons. The van der Waals surface area contributed by atoms with E-state index in [0.717, 1.165) is 32.5 Å². The largest absolute Gasteiger partial charge is 0.377 e. The van der Waals surface area contributed by atoms with Gasteiger partial charge in [-0.05, 0) is 24.3 Å². The third kappa shape index (κ3) is 4.32. The molecule has 0 fully saturated rings. The van der Waals surface area contributed by atoms with Crippen molar-refractivity contribution in [3.05, 3.63) is 68.4 Å². The van der Waals surface area contributed by atoms with Crippen molar-refractivity contribution >= 4 is 38.6 Å². The third-order valence-corrected chi connectivity index (χ3v) is 7.61. The van der Waals surface area contributed by atoms with Crippen LogP contribution in [0.5, 0.6) is 0 Å². The van der Waals surface area contributed by atoms with Crippen molar-refractivity contribution in [1.29, 1.82) is 0 Å². The molecule has 0 unspecified atom stereocenters. The van der Waals surface area contributed by atoms with Gasteiger partial charge in [0.25, 0.3) is 15.6 Å². The number of nitrogens with zero attached hydrogens (tertiary/aromatic N) is 3. The van der Waals surface area contributed by atoms with Crippen LogP contribution in [0.1, 0.15) is 4.88 Å². The van der Waals surface area contributed by atoms with Crippen molar-refractivity contribution in [3.63, 3.8) is 0 Å². The number of thiophene rings is 1. The molecule has 2 heterocycles. The molecular weight excluding hydrogens is 446 g/mol. The van der Waals surface area contributed by atoms with Crippen molar-refractivity contribution < 1.29 is 17.2 Å². The van der Waals surface area contributed by atoms with Crippen molar-refractivity contribution in [1.82, 2.24) is 14.1 Å². The van der Waals surface area contributed by atoms with Crippen molar-refractivity contribution in [2.45, 2.75) is 10.8 Å². The molecule has 1 aromatic carbocycles. The molecule has 0 aliphatic carbocycles. The maximum Gasteiger partial charge on any atom is 0.292 e. The molecule has 0 spiro atoms. The average molecular weight is 461 g/mol. The fraction of sp³-hybridized carbons (Fsp3) is 0.176. The van der Waals surface area contributed by atoms with E-state index < -0.39 is 27.2 Å². The third-order valence-electron chi connectivity index (χ3n) is 3.88. The van der Waals surface area contributed by atoms with E-state index in [1.165, 1.54) is 26.4 Å². The summed E-state index contributed by atoms with van der Waals surface area (Å²) in [5, 5.41) is 6.55. The lowest BCUT2D eigenvalue weighted by atomic mass is 10.3. The van der Waals surface area contributed by atoms with Crippen LogP contribution in [-0.2, 0) is 16.6 Å². The van der Waals surface area contributed by atoms with Crippen LogP contribution >= 0.6 is 22.9 Å². The Hall–Kier alpha value is -2.34. The molecule has 1 N–H and O–H groups in total. The Morgan fingerprint density at radius 3 is 2.62 bits per heavy atom. The van der Waals surface area contributed by atoms with Crippen LogP contribution in [-0.4, -0.2) is 36.6 Å². The van der Waals surface area contributed by atoms with E-state index in [1.807, 2.05) is 0 Å². The number of hydrogen-bond acceptors (Lipinski definition) is 6. The van der Waals surface area contributed by atoms with E-state index in [4.69, 9.17) is 11.6 Å². The molecule has 7 nitrogen and oxygen atoms in total. The zero-order valence-electron chi connectivity index (χ0n) is 15.2. The molecule has 12 heteroatoms. The summed E-state index contributed by atoms with van der Waals surface area (Å²) in [5.74, 6) is -1.74. The zero-order chi connectivity index (χ0) is 21.3. The minimum absolute atomic E-state index is 0.186. The molecule has 0 radical (unpaired) electrons. The summed E-state index contributed by atoms with van der Waals surface area (Å²) >= 11 is 7.16. The smallest absolute Gasteiger partial charge is 0.292 e. The standard InChI is InChI=1S/C17H15ClF2N4O3S2/c1-23(2)29(26,27)15-6-4-11(28-15)8-21-13-9-22-24(17(25)16(13)18)14-5-3-10(19)7-12(14)20/h3-7,9,21H,8H2,1-2H3. The van der Waals surface area contributed by atoms with Gasteiger partial charge in [-0.15, -0.1) is 11.3 Å². The molecule has 0 bridgehead atoms. The molecular formula is C17H15ClF2N4O3S2. The van der Waals surface area contributed by atoms with Gasteiger partial charge in [0.15, 0.2) is 5.82 Å². The highest BCUT2D eigenvalue weighted by atomic mass is 35.5. The number of sulfonamides is 1. The van der Waals surface area contributed by atoms with Crippen molar-refractivity contribution in [3.8, 4) is 5.69 Å². The SMILES string of the molecule is CN(C)S(=O)(=O)c1ccc(CNc2cnn(-c3ccc(F)cc3F)c(=O)c2Cl)s1. The number of nitrogens with one attached hydrogen (secondary N) is 1. The van der Waals surface area contributed by atoms with Gasteiger partial charge in [0.1, 0.15) is 20.7 Å². The van der Waals surface area contributed by atoms with Gasteiger partial charge in [0.05, 0.1) is 11.9 Å². The Kier molecular flexibility index (Phi) is 6.03. The molecule has 3 rings (SSSR count). The van der Waals surface area contributed by atoms with Crippen LogP contribution in [0.15, 0.2) is 45.5 Å². The van der Waals surface area contributed by atoms with E-state index in [-0.39, 0.29) is 27.2 Å². The van der Waals surface area contributed by atoms with Gasteiger partial charge < -0.3 is 5.32 Å². The number of rotatable bonds is 6. The summed E-state index contributed by atoms with van der Waals surface area (Å²) in [6.45, 7) is 0.198. The van der Waals surface area contributed by atoms with Crippen molar-refractivity contribution in [2.75, 3.05) is 19.4 Å². The Balaban J connectivity index is 1.82. The molecule has 0 amide bonds. The highest BCUT2D eigenvalue weighted by molar-refractivity contribution is 7.91. The summed E-state index contributed by atoms with van der Waals surface area (Å²) in [4.78, 5) is 13.1. The van der Waals surface area contributed by atoms with Gasteiger partial charge in [-0.25, -0.2) is 21.5 Å². The molecule has 0 saturated carbocycles. The Labute approximate surface area is 174 Å². The first-order chi connectivity index (χ1) is 13.6. The molecule has 2 aromatic heterocycles. The van der Waals surface area contributed by atoms with Crippen LogP contribution in [0, 0.1) is 11.6 Å². The quantitative estimate of drug-likeness (QED) is 0.611. The molecule has 0 aliphatic heterocycles. The van der Waals surface area contributed by atoms with Gasteiger partial charge in [0, 0.05) is 31.6 Å². The second-order valence-electron chi connectivity index (χ2n) is 6.05. The number of anilines is 1. The summed E-state index contributed by atoms with van der Waals surface area (Å²) in [6.07, 6.45) is 1.23. The molecule has 0 atom stereocenters. The molecule has 29 heavy (non-hydrogen) atoms. The van der Waals surface area contributed by atoms with Crippen LogP contribution in [0.4, 0.5) is 14.5 Å². The molecule has 3 aromatic rings. The Morgan fingerprint density at radius 1 is 1.24 bits per heavy atom. The normalized spacial score (nSPS) is 11.8. The molecule has 0 aliphatic rings. The second-order valence-corrected chi connectivity index (χ2v) is 9.97. The van der Waals surface area contributed by atoms with E-state index in [0.29, 0.717) is 10.9 Å². The minimum Gasteiger partial charge on any atom is -0.377 e. The summed E-state index contributed by atoms with van der Waals surface area (Å²) in [6, 6.07) is 5.86. The topological polar surface area (TPSA) is 84.3 Å². The Bertz CT molecular complexity index is 1230. The van der Waals surface area contributed by atoms with Crippen LogP contribution in [0.25, 0.3) is 5.69 Å². The predicted molar refractivity (Wildman–Crippen MR) is 107 cm³/mol.